The van der Waals surface area contributed by atoms with Crippen LogP contribution in [0.25, 0.3) is 0 Å². The van der Waals surface area contributed by atoms with E-state index in [1.165, 1.54) is 0 Å². The standard InChI is InChI=1S/C13H8F3NO3/c14-7-2-1-6(5-9(7)16)20-10-4-3-8(15)12(17)11(10)13(18)19/h1-5H,17H2,(H,18,19). The number of aromatic carboxylic acids is 1. The summed E-state index contributed by atoms with van der Waals surface area (Å²) in [5.41, 5.74) is 4.13. The van der Waals surface area contributed by atoms with Crippen molar-refractivity contribution in [3.8, 4) is 11.5 Å². The lowest BCUT2D eigenvalue weighted by Gasteiger charge is -2.11. The molecular weight excluding hydrogens is 275 g/mol. The second-order valence-corrected chi connectivity index (χ2v) is 3.82. The molecule has 104 valence electrons. The van der Waals surface area contributed by atoms with Gasteiger partial charge in [0.25, 0.3) is 0 Å². The molecule has 0 aliphatic rings. The Morgan fingerprint density at radius 3 is 2.30 bits per heavy atom. The first kappa shape index (κ1) is 13.7. The van der Waals surface area contributed by atoms with Gasteiger partial charge >= 0.3 is 5.97 Å². The molecule has 7 heteroatoms. The first-order valence-corrected chi connectivity index (χ1v) is 5.34. The minimum atomic E-state index is -1.50. The van der Waals surface area contributed by atoms with Crippen LogP contribution in [0.3, 0.4) is 0 Å². The summed E-state index contributed by atoms with van der Waals surface area (Å²) in [6.45, 7) is 0. The number of hydrogen-bond donors (Lipinski definition) is 2. The minimum absolute atomic E-state index is 0.141. The maximum atomic E-state index is 13.2. The molecule has 0 spiro atoms. The van der Waals surface area contributed by atoms with E-state index in [1.54, 1.807) is 0 Å². The quantitative estimate of drug-likeness (QED) is 0.848. The summed E-state index contributed by atoms with van der Waals surface area (Å²) in [7, 11) is 0. The SMILES string of the molecule is Nc1c(F)ccc(Oc2ccc(F)c(F)c2)c1C(=O)O. The molecule has 0 aliphatic heterocycles. The second kappa shape index (κ2) is 5.12. The van der Waals surface area contributed by atoms with Crippen molar-refractivity contribution >= 4 is 11.7 Å². The lowest BCUT2D eigenvalue weighted by atomic mass is 10.1. The van der Waals surface area contributed by atoms with E-state index in [0.717, 1.165) is 30.3 Å². The van der Waals surface area contributed by atoms with Gasteiger partial charge in [0, 0.05) is 6.07 Å². The van der Waals surface area contributed by atoms with Gasteiger partial charge in [0.05, 0.1) is 5.69 Å². The van der Waals surface area contributed by atoms with Crippen molar-refractivity contribution in [2.45, 2.75) is 0 Å². The molecule has 0 fully saturated rings. The summed E-state index contributed by atoms with van der Waals surface area (Å²) < 4.78 is 44.1. The lowest BCUT2D eigenvalue weighted by molar-refractivity contribution is 0.0695. The van der Waals surface area contributed by atoms with Crippen LogP contribution < -0.4 is 10.5 Å². The summed E-state index contributed by atoms with van der Waals surface area (Å²) in [6.07, 6.45) is 0. The molecule has 4 nitrogen and oxygen atoms in total. The van der Waals surface area contributed by atoms with Crippen molar-refractivity contribution in [3.05, 3.63) is 53.3 Å². The van der Waals surface area contributed by atoms with Gasteiger partial charge in [-0.3, -0.25) is 0 Å². The Balaban J connectivity index is 2.45. The Morgan fingerprint density at radius 1 is 1.05 bits per heavy atom. The van der Waals surface area contributed by atoms with E-state index in [4.69, 9.17) is 15.6 Å². The van der Waals surface area contributed by atoms with Gasteiger partial charge in [-0.25, -0.2) is 18.0 Å². The molecule has 0 bridgehead atoms. The van der Waals surface area contributed by atoms with E-state index in [0.29, 0.717) is 0 Å². The van der Waals surface area contributed by atoms with Gasteiger partial charge in [-0.1, -0.05) is 0 Å². The van der Waals surface area contributed by atoms with Gasteiger partial charge in [-0.15, -0.1) is 0 Å². The van der Waals surface area contributed by atoms with Crippen LogP contribution in [0.15, 0.2) is 30.3 Å². The third kappa shape index (κ3) is 2.51. The van der Waals surface area contributed by atoms with E-state index in [9.17, 15) is 18.0 Å². The molecule has 0 heterocycles. The highest BCUT2D eigenvalue weighted by Gasteiger charge is 2.19. The van der Waals surface area contributed by atoms with Gasteiger partial charge in [-0.05, 0) is 24.3 Å². The van der Waals surface area contributed by atoms with Gasteiger partial charge in [0.2, 0.25) is 0 Å². The third-order valence-electron chi connectivity index (χ3n) is 2.49. The molecule has 2 aromatic rings. The number of carboxylic acids is 1. The molecule has 0 unspecified atom stereocenters. The van der Waals surface area contributed by atoms with Crippen molar-refractivity contribution in [3.63, 3.8) is 0 Å². The zero-order valence-corrected chi connectivity index (χ0v) is 9.86. The van der Waals surface area contributed by atoms with E-state index in [2.05, 4.69) is 0 Å². The predicted molar refractivity (Wildman–Crippen MR) is 64.2 cm³/mol. The Labute approximate surface area is 111 Å². The van der Waals surface area contributed by atoms with Crippen molar-refractivity contribution in [1.82, 2.24) is 0 Å². The van der Waals surface area contributed by atoms with E-state index in [-0.39, 0.29) is 11.5 Å². The molecule has 20 heavy (non-hydrogen) atoms. The summed E-state index contributed by atoms with van der Waals surface area (Å²) in [4.78, 5) is 11.0. The van der Waals surface area contributed by atoms with Crippen LogP contribution in [0.4, 0.5) is 18.9 Å². The number of nitrogens with two attached hydrogens (primary N) is 1. The Bertz CT molecular complexity index is 689. The number of halogens is 3. The second-order valence-electron chi connectivity index (χ2n) is 3.82. The van der Waals surface area contributed by atoms with E-state index in [1.807, 2.05) is 0 Å². The van der Waals surface area contributed by atoms with Gasteiger partial charge in [-0.2, -0.15) is 0 Å². The summed E-state index contributed by atoms with van der Waals surface area (Å²) in [5, 5.41) is 8.99. The normalized spacial score (nSPS) is 10.3. The summed E-state index contributed by atoms with van der Waals surface area (Å²) >= 11 is 0. The largest absolute Gasteiger partial charge is 0.477 e. The molecule has 2 rings (SSSR count). The first-order valence-electron chi connectivity index (χ1n) is 5.34. The zero-order valence-electron chi connectivity index (χ0n) is 9.86. The molecule has 0 aliphatic carbocycles. The van der Waals surface area contributed by atoms with E-state index >= 15 is 0 Å². The average Bonchev–Trinajstić information content (AvgIpc) is 2.38. The molecule has 0 radical (unpaired) electrons. The molecule has 0 atom stereocenters. The highest BCUT2D eigenvalue weighted by atomic mass is 19.2. The van der Waals surface area contributed by atoms with Crippen molar-refractivity contribution in [1.29, 1.82) is 0 Å². The maximum Gasteiger partial charge on any atom is 0.341 e. The highest BCUT2D eigenvalue weighted by Crippen LogP contribution is 2.31. The number of carbonyl (C=O) groups is 1. The number of anilines is 1. The number of rotatable bonds is 3. The minimum Gasteiger partial charge on any atom is -0.477 e. The fourth-order valence-corrected chi connectivity index (χ4v) is 1.55. The van der Waals surface area contributed by atoms with Crippen LogP contribution >= 0.6 is 0 Å². The predicted octanol–water partition coefficient (Wildman–Crippen LogP) is 3.18. The van der Waals surface area contributed by atoms with Crippen LogP contribution in [0.1, 0.15) is 10.4 Å². The summed E-state index contributed by atoms with van der Waals surface area (Å²) in [5.74, 6) is -5.07. The Hall–Kier alpha value is -2.70. The molecule has 3 N–H and O–H groups in total. The molecular formula is C13H8F3NO3. The van der Waals surface area contributed by atoms with Crippen molar-refractivity contribution in [2.75, 3.05) is 5.73 Å². The monoisotopic (exact) mass is 283 g/mol. The van der Waals surface area contributed by atoms with Crippen LogP contribution in [0.5, 0.6) is 11.5 Å². The fourth-order valence-electron chi connectivity index (χ4n) is 1.55. The van der Waals surface area contributed by atoms with Gasteiger partial charge < -0.3 is 15.6 Å². The highest BCUT2D eigenvalue weighted by molar-refractivity contribution is 5.97. The molecule has 0 amide bonds. The summed E-state index contributed by atoms with van der Waals surface area (Å²) in [6, 6.07) is 4.61. The molecule has 2 aromatic carbocycles. The number of benzene rings is 2. The fraction of sp³-hybridized carbons (Fsp3) is 0. The third-order valence-corrected chi connectivity index (χ3v) is 2.49. The smallest absolute Gasteiger partial charge is 0.341 e. The average molecular weight is 283 g/mol. The van der Waals surface area contributed by atoms with Gasteiger partial charge in [0.1, 0.15) is 22.9 Å². The topological polar surface area (TPSA) is 72.5 Å². The number of nitrogen functional groups attached to an aromatic ring is 1. The van der Waals surface area contributed by atoms with E-state index < -0.39 is 34.7 Å². The number of ether oxygens (including phenoxy) is 1. The zero-order chi connectivity index (χ0) is 14.9. The van der Waals surface area contributed by atoms with Crippen molar-refractivity contribution in [2.24, 2.45) is 0 Å². The van der Waals surface area contributed by atoms with Crippen LogP contribution in [0, 0.1) is 17.5 Å². The molecule has 0 saturated carbocycles. The Kier molecular flexibility index (Phi) is 3.51. The molecule has 0 saturated heterocycles. The van der Waals surface area contributed by atoms with Crippen molar-refractivity contribution < 1.29 is 27.8 Å². The Morgan fingerprint density at radius 2 is 1.70 bits per heavy atom. The van der Waals surface area contributed by atoms with Crippen LogP contribution in [-0.2, 0) is 0 Å². The van der Waals surface area contributed by atoms with Gasteiger partial charge in [0.15, 0.2) is 11.6 Å². The first-order chi connectivity index (χ1) is 9.40. The van der Waals surface area contributed by atoms with Crippen LogP contribution in [0.2, 0.25) is 0 Å². The maximum absolute atomic E-state index is 13.2. The number of hydrogen-bond acceptors (Lipinski definition) is 3. The lowest BCUT2D eigenvalue weighted by Crippen LogP contribution is -2.07. The molecule has 0 aromatic heterocycles. The number of carboxylic acid groups (broad SMARTS) is 1. The van der Waals surface area contributed by atoms with Crippen LogP contribution in [-0.4, -0.2) is 11.1 Å².